The minimum Gasteiger partial charge on any atom is -0.396 e. The molecule has 0 heterocycles. The monoisotopic (exact) mass is 299 g/mol. The van der Waals surface area contributed by atoms with Gasteiger partial charge in [0.2, 0.25) is 0 Å². The fourth-order valence-corrected chi connectivity index (χ4v) is 2.89. The molecule has 2 N–H and O–H groups in total. The second-order valence-corrected chi connectivity index (χ2v) is 7.46. The van der Waals surface area contributed by atoms with Crippen LogP contribution in [-0.2, 0) is 9.84 Å². The molecule has 0 aromatic heterocycles. The number of rotatable bonds is 6. The summed E-state index contributed by atoms with van der Waals surface area (Å²) in [5.41, 5.74) is -0.463. The Labute approximate surface area is 119 Å². The van der Waals surface area contributed by atoms with Crippen LogP contribution in [0.25, 0.3) is 0 Å². The number of amides is 1. The lowest BCUT2D eigenvalue weighted by atomic mass is 10.0. The summed E-state index contributed by atoms with van der Waals surface area (Å²) in [5.74, 6) is -0.506. The highest BCUT2D eigenvalue weighted by molar-refractivity contribution is 7.91. The van der Waals surface area contributed by atoms with E-state index in [2.05, 4.69) is 5.32 Å². The standard InChI is InChI=1S/C14H21NO4S/c1-4-20(18,19)12-8-6-5-7-11(12)13(17)15-14(2,3)9-10-16/h5-8,16H,4,9-10H2,1-3H3,(H,15,17). The van der Waals surface area contributed by atoms with E-state index in [1.54, 1.807) is 32.9 Å². The molecule has 0 fully saturated rings. The summed E-state index contributed by atoms with van der Waals surface area (Å²) in [4.78, 5) is 12.3. The summed E-state index contributed by atoms with van der Waals surface area (Å²) in [7, 11) is -3.45. The lowest BCUT2D eigenvalue weighted by molar-refractivity contribution is 0.0896. The molecule has 1 rings (SSSR count). The number of sulfone groups is 1. The minimum absolute atomic E-state index is 0.0415. The number of hydrogen-bond donors (Lipinski definition) is 2. The average Bonchev–Trinajstić information content (AvgIpc) is 2.38. The van der Waals surface area contributed by atoms with Gasteiger partial charge in [0.1, 0.15) is 0 Å². The van der Waals surface area contributed by atoms with Crippen molar-refractivity contribution in [3.63, 3.8) is 0 Å². The number of carbonyl (C=O) groups excluding carboxylic acids is 1. The Morgan fingerprint density at radius 3 is 2.45 bits per heavy atom. The third-order valence-electron chi connectivity index (χ3n) is 3.04. The van der Waals surface area contributed by atoms with Crippen molar-refractivity contribution in [1.29, 1.82) is 0 Å². The second kappa shape index (κ2) is 6.37. The normalized spacial score (nSPS) is 12.2. The molecular formula is C14H21NO4S. The average molecular weight is 299 g/mol. The molecule has 6 heteroatoms. The number of carbonyl (C=O) groups is 1. The van der Waals surface area contributed by atoms with Gasteiger partial charge < -0.3 is 10.4 Å². The molecule has 112 valence electrons. The maximum absolute atomic E-state index is 12.3. The van der Waals surface area contributed by atoms with Gasteiger partial charge in [0.15, 0.2) is 9.84 Å². The van der Waals surface area contributed by atoms with E-state index in [1.807, 2.05) is 0 Å². The van der Waals surface area contributed by atoms with Gasteiger partial charge >= 0.3 is 0 Å². The van der Waals surface area contributed by atoms with E-state index in [1.165, 1.54) is 12.1 Å². The van der Waals surface area contributed by atoms with Crippen molar-refractivity contribution in [2.45, 2.75) is 37.6 Å². The highest BCUT2D eigenvalue weighted by Crippen LogP contribution is 2.18. The van der Waals surface area contributed by atoms with Crippen molar-refractivity contribution in [2.75, 3.05) is 12.4 Å². The third kappa shape index (κ3) is 4.05. The Morgan fingerprint density at radius 2 is 1.90 bits per heavy atom. The van der Waals surface area contributed by atoms with Crippen LogP contribution in [0.5, 0.6) is 0 Å². The highest BCUT2D eigenvalue weighted by atomic mass is 32.2. The van der Waals surface area contributed by atoms with Crippen LogP contribution in [0, 0.1) is 0 Å². The maximum atomic E-state index is 12.3. The predicted octanol–water partition coefficient (Wildman–Crippen LogP) is 1.37. The molecule has 1 amide bonds. The molecule has 0 saturated heterocycles. The van der Waals surface area contributed by atoms with Crippen LogP contribution in [0.1, 0.15) is 37.6 Å². The van der Waals surface area contributed by atoms with Gasteiger partial charge in [-0.05, 0) is 32.4 Å². The van der Waals surface area contributed by atoms with Gasteiger partial charge in [-0.2, -0.15) is 0 Å². The maximum Gasteiger partial charge on any atom is 0.253 e. The molecule has 20 heavy (non-hydrogen) atoms. The summed E-state index contributed by atoms with van der Waals surface area (Å²) in [6.45, 7) is 5.04. The number of benzene rings is 1. The Kier molecular flexibility index (Phi) is 5.30. The van der Waals surface area contributed by atoms with Gasteiger partial charge in [-0.1, -0.05) is 19.1 Å². The zero-order valence-corrected chi connectivity index (χ0v) is 12.8. The Bertz CT molecular complexity index is 579. The molecule has 0 aliphatic heterocycles. The van der Waals surface area contributed by atoms with Gasteiger partial charge in [0.05, 0.1) is 16.2 Å². The first-order valence-electron chi connectivity index (χ1n) is 6.48. The Balaban J connectivity index is 3.12. The van der Waals surface area contributed by atoms with E-state index in [-0.39, 0.29) is 22.8 Å². The summed E-state index contributed by atoms with van der Waals surface area (Å²) < 4.78 is 24.0. The van der Waals surface area contributed by atoms with Gasteiger partial charge in [-0.3, -0.25) is 4.79 Å². The van der Waals surface area contributed by atoms with Crippen molar-refractivity contribution in [2.24, 2.45) is 0 Å². The smallest absolute Gasteiger partial charge is 0.253 e. The lowest BCUT2D eigenvalue weighted by Gasteiger charge is -2.25. The van der Waals surface area contributed by atoms with E-state index in [0.29, 0.717) is 6.42 Å². The minimum atomic E-state index is -3.45. The van der Waals surface area contributed by atoms with E-state index in [9.17, 15) is 13.2 Å². The van der Waals surface area contributed by atoms with Crippen LogP contribution in [-0.4, -0.2) is 37.3 Å². The third-order valence-corrected chi connectivity index (χ3v) is 4.82. The molecule has 0 atom stereocenters. The number of hydrogen-bond acceptors (Lipinski definition) is 4. The molecule has 0 bridgehead atoms. The van der Waals surface area contributed by atoms with E-state index >= 15 is 0 Å². The van der Waals surface area contributed by atoms with Crippen LogP contribution >= 0.6 is 0 Å². The molecule has 0 unspecified atom stereocenters. The zero-order chi connectivity index (χ0) is 15.4. The molecule has 0 radical (unpaired) electrons. The highest BCUT2D eigenvalue weighted by Gasteiger charge is 2.25. The predicted molar refractivity (Wildman–Crippen MR) is 77.4 cm³/mol. The van der Waals surface area contributed by atoms with Crippen molar-refractivity contribution >= 4 is 15.7 Å². The van der Waals surface area contributed by atoms with Gasteiger partial charge in [0, 0.05) is 12.1 Å². The van der Waals surface area contributed by atoms with Crippen molar-refractivity contribution in [3.8, 4) is 0 Å². The number of nitrogens with one attached hydrogen (secondary N) is 1. The molecule has 1 aromatic rings. The SMILES string of the molecule is CCS(=O)(=O)c1ccccc1C(=O)NC(C)(C)CCO. The first kappa shape index (κ1) is 16.7. The molecular weight excluding hydrogens is 278 g/mol. The summed E-state index contributed by atoms with van der Waals surface area (Å²) in [5, 5.41) is 11.7. The molecule has 0 saturated carbocycles. The van der Waals surface area contributed by atoms with Crippen LogP contribution in [0.2, 0.25) is 0 Å². The van der Waals surface area contributed by atoms with Crippen LogP contribution < -0.4 is 5.32 Å². The zero-order valence-electron chi connectivity index (χ0n) is 12.0. The lowest BCUT2D eigenvalue weighted by Crippen LogP contribution is -2.44. The molecule has 0 aliphatic carbocycles. The number of aliphatic hydroxyl groups is 1. The fourth-order valence-electron chi connectivity index (χ4n) is 1.80. The first-order valence-corrected chi connectivity index (χ1v) is 8.14. The second-order valence-electron chi connectivity index (χ2n) is 5.21. The van der Waals surface area contributed by atoms with E-state index < -0.39 is 21.3 Å². The molecule has 0 spiro atoms. The van der Waals surface area contributed by atoms with Crippen molar-refractivity contribution in [1.82, 2.24) is 5.32 Å². The summed E-state index contributed by atoms with van der Waals surface area (Å²) in [6.07, 6.45) is 0.390. The van der Waals surface area contributed by atoms with Crippen LogP contribution in [0.15, 0.2) is 29.2 Å². The quantitative estimate of drug-likeness (QED) is 0.831. The summed E-state index contributed by atoms with van der Waals surface area (Å²) >= 11 is 0. The van der Waals surface area contributed by atoms with Crippen molar-refractivity contribution in [3.05, 3.63) is 29.8 Å². The number of aliphatic hydroxyl groups excluding tert-OH is 1. The largest absolute Gasteiger partial charge is 0.396 e. The topological polar surface area (TPSA) is 83.5 Å². The van der Waals surface area contributed by atoms with Crippen molar-refractivity contribution < 1.29 is 18.3 Å². The molecule has 5 nitrogen and oxygen atoms in total. The molecule has 1 aromatic carbocycles. The van der Waals surface area contributed by atoms with Gasteiger partial charge in [-0.15, -0.1) is 0 Å². The first-order chi connectivity index (χ1) is 9.23. The van der Waals surface area contributed by atoms with Crippen LogP contribution in [0.3, 0.4) is 0 Å². The van der Waals surface area contributed by atoms with E-state index in [4.69, 9.17) is 5.11 Å². The van der Waals surface area contributed by atoms with Gasteiger partial charge in [0.25, 0.3) is 5.91 Å². The molecule has 0 aliphatic rings. The van der Waals surface area contributed by atoms with E-state index in [0.717, 1.165) is 0 Å². The fraction of sp³-hybridized carbons (Fsp3) is 0.500. The Morgan fingerprint density at radius 1 is 1.30 bits per heavy atom. The summed E-state index contributed by atoms with van der Waals surface area (Å²) in [6, 6.07) is 6.15. The van der Waals surface area contributed by atoms with Crippen LogP contribution in [0.4, 0.5) is 0 Å². The Hall–Kier alpha value is -1.40. The van der Waals surface area contributed by atoms with Gasteiger partial charge in [-0.25, -0.2) is 8.42 Å².